The lowest BCUT2D eigenvalue weighted by molar-refractivity contribution is 0.0951. The summed E-state index contributed by atoms with van der Waals surface area (Å²) in [6.45, 7) is 8.25. The van der Waals surface area contributed by atoms with Crippen LogP contribution in [0.4, 0.5) is 5.69 Å². The third kappa shape index (κ3) is 5.83. The van der Waals surface area contributed by atoms with Crippen LogP contribution in [0.25, 0.3) is 0 Å². The van der Waals surface area contributed by atoms with Crippen molar-refractivity contribution < 1.29 is 4.79 Å². The van der Waals surface area contributed by atoms with Crippen molar-refractivity contribution in [3.05, 3.63) is 65.7 Å². The van der Waals surface area contributed by atoms with Crippen LogP contribution in [0.2, 0.25) is 0 Å². The van der Waals surface area contributed by atoms with Crippen molar-refractivity contribution in [2.75, 3.05) is 44.2 Å². The highest BCUT2D eigenvalue weighted by Gasteiger charge is 2.16. The van der Waals surface area contributed by atoms with Crippen LogP contribution in [0.1, 0.15) is 35.7 Å². The molecule has 27 heavy (non-hydrogen) atoms. The lowest BCUT2D eigenvalue weighted by atomic mass is 10.1. The van der Waals surface area contributed by atoms with Crippen molar-refractivity contribution in [1.82, 2.24) is 10.2 Å². The van der Waals surface area contributed by atoms with Gasteiger partial charge in [0.2, 0.25) is 0 Å². The number of piperazine rings is 1. The molecule has 0 unspecified atom stereocenters. The van der Waals surface area contributed by atoms with Gasteiger partial charge in [0.25, 0.3) is 5.91 Å². The number of hydrogen-bond acceptors (Lipinski definition) is 3. The molecule has 1 aliphatic rings. The molecule has 0 aromatic heterocycles. The molecule has 0 radical (unpaired) electrons. The first-order chi connectivity index (χ1) is 13.3. The third-order valence-electron chi connectivity index (χ3n) is 5.19. The Morgan fingerprint density at radius 1 is 0.963 bits per heavy atom. The highest BCUT2D eigenvalue weighted by Crippen LogP contribution is 2.15. The van der Waals surface area contributed by atoms with E-state index in [1.54, 1.807) is 0 Å². The smallest absolute Gasteiger partial charge is 0.251 e. The van der Waals surface area contributed by atoms with Crippen LogP contribution in [0.5, 0.6) is 0 Å². The van der Waals surface area contributed by atoms with Gasteiger partial charge in [-0.25, -0.2) is 0 Å². The highest BCUT2D eigenvalue weighted by molar-refractivity contribution is 5.94. The third-order valence-corrected chi connectivity index (χ3v) is 5.19. The summed E-state index contributed by atoms with van der Waals surface area (Å²) < 4.78 is 0. The molecule has 2 aromatic carbocycles. The number of nitrogens with one attached hydrogen (secondary N) is 1. The minimum Gasteiger partial charge on any atom is -0.369 e. The summed E-state index contributed by atoms with van der Waals surface area (Å²) in [6.07, 6.45) is 3.19. The lowest BCUT2D eigenvalue weighted by Gasteiger charge is -2.36. The first-order valence-electron chi connectivity index (χ1n) is 10.2. The fourth-order valence-electron chi connectivity index (χ4n) is 3.59. The first kappa shape index (κ1) is 19.4. The summed E-state index contributed by atoms with van der Waals surface area (Å²) in [5.41, 5.74) is 3.37. The number of benzene rings is 2. The number of amides is 1. The van der Waals surface area contributed by atoms with Crippen LogP contribution < -0.4 is 10.2 Å². The molecular formula is C23H31N3O. The van der Waals surface area contributed by atoms with Crippen molar-refractivity contribution in [2.24, 2.45) is 0 Å². The Bertz CT molecular complexity index is 691. The molecule has 4 heteroatoms. The van der Waals surface area contributed by atoms with Gasteiger partial charge in [0.1, 0.15) is 0 Å². The second kappa shape index (κ2) is 10.1. The molecule has 1 heterocycles. The molecule has 0 aliphatic carbocycles. The van der Waals surface area contributed by atoms with Crippen LogP contribution in [0.3, 0.4) is 0 Å². The quantitative estimate of drug-likeness (QED) is 0.726. The number of carbonyl (C=O) groups is 1. The summed E-state index contributed by atoms with van der Waals surface area (Å²) >= 11 is 0. The number of anilines is 1. The topological polar surface area (TPSA) is 35.6 Å². The maximum absolute atomic E-state index is 12.2. The number of nitrogens with zero attached hydrogens (tertiary/aromatic N) is 2. The van der Waals surface area contributed by atoms with E-state index in [2.05, 4.69) is 64.5 Å². The molecule has 0 spiro atoms. The van der Waals surface area contributed by atoms with E-state index in [4.69, 9.17) is 0 Å². The summed E-state index contributed by atoms with van der Waals surface area (Å²) in [4.78, 5) is 17.2. The van der Waals surface area contributed by atoms with E-state index in [1.165, 1.54) is 11.3 Å². The SMILES string of the molecule is CCCc1ccc(C(=O)NCCCN2CCN(c3ccccc3)CC2)cc1. The molecule has 3 rings (SSSR count). The molecule has 0 saturated carbocycles. The molecule has 2 aromatic rings. The molecule has 4 nitrogen and oxygen atoms in total. The van der Waals surface area contributed by atoms with Gasteiger partial charge in [-0.2, -0.15) is 0 Å². The van der Waals surface area contributed by atoms with Crippen molar-refractivity contribution in [2.45, 2.75) is 26.2 Å². The van der Waals surface area contributed by atoms with Gasteiger partial charge in [-0.05, 0) is 49.2 Å². The predicted molar refractivity (Wildman–Crippen MR) is 112 cm³/mol. The van der Waals surface area contributed by atoms with E-state index in [1.807, 2.05) is 12.1 Å². The lowest BCUT2D eigenvalue weighted by Crippen LogP contribution is -2.47. The van der Waals surface area contributed by atoms with Crippen molar-refractivity contribution in [3.8, 4) is 0 Å². The second-order valence-electron chi connectivity index (χ2n) is 7.22. The van der Waals surface area contributed by atoms with E-state index in [0.717, 1.165) is 64.1 Å². The molecule has 0 atom stereocenters. The Balaban J connectivity index is 1.33. The zero-order chi connectivity index (χ0) is 18.9. The Hall–Kier alpha value is -2.33. The minimum atomic E-state index is 0.0342. The molecule has 1 saturated heterocycles. The summed E-state index contributed by atoms with van der Waals surface area (Å²) in [7, 11) is 0. The van der Waals surface area contributed by atoms with Crippen molar-refractivity contribution in [3.63, 3.8) is 0 Å². The van der Waals surface area contributed by atoms with E-state index in [9.17, 15) is 4.79 Å². The zero-order valence-electron chi connectivity index (χ0n) is 16.4. The van der Waals surface area contributed by atoms with Crippen LogP contribution in [-0.4, -0.2) is 50.1 Å². The van der Waals surface area contributed by atoms with Crippen LogP contribution in [0.15, 0.2) is 54.6 Å². The molecule has 0 bridgehead atoms. The number of carbonyl (C=O) groups excluding carboxylic acids is 1. The van der Waals surface area contributed by atoms with E-state index >= 15 is 0 Å². The summed E-state index contributed by atoms with van der Waals surface area (Å²) in [6, 6.07) is 18.6. The maximum atomic E-state index is 12.2. The van der Waals surface area contributed by atoms with Gasteiger partial charge in [0, 0.05) is 44.0 Å². The average molecular weight is 366 g/mol. The molecule has 144 valence electrons. The van der Waals surface area contributed by atoms with Gasteiger partial charge in [0.15, 0.2) is 0 Å². The molecule has 1 aliphatic heterocycles. The predicted octanol–water partition coefficient (Wildman–Crippen LogP) is 3.58. The zero-order valence-corrected chi connectivity index (χ0v) is 16.4. The number of para-hydroxylation sites is 1. The fourth-order valence-corrected chi connectivity index (χ4v) is 3.59. The second-order valence-corrected chi connectivity index (χ2v) is 7.22. The normalized spacial score (nSPS) is 14.9. The van der Waals surface area contributed by atoms with Crippen LogP contribution in [-0.2, 0) is 6.42 Å². The van der Waals surface area contributed by atoms with Crippen molar-refractivity contribution >= 4 is 11.6 Å². The van der Waals surface area contributed by atoms with Gasteiger partial charge < -0.3 is 10.2 Å². The first-order valence-corrected chi connectivity index (χ1v) is 10.2. The van der Waals surface area contributed by atoms with E-state index < -0.39 is 0 Å². The Kier molecular flexibility index (Phi) is 7.28. The molecule has 1 fully saturated rings. The maximum Gasteiger partial charge on any atom is 0.251 e. The minimum absolute atomic E-state index is 0.0342. The van der Waals surface area contributed by atoms with Gasteiger partial charge in [0.05, 0.1) is 0 Å². The van der Waals surface area contributed by atoms with Crippen LogP contribution >= 0.6 is 0 Å². The number of rotatable bonds is 8. The van der Waals surface area contributed by atoms with E-state index in [-0.39, 0.29) is 5.91 Å². The summed E-state index contributed by atoms with van der Waals surface area (Å²) in [5, 5.41) is 3.05. The number of hydrogen-bond donors (Lipinski definition) is 1. The fraction of sp³-hybridized carbons (Fsp3) is 0.435. The largest absolute Gasteiger partial charge is 0.369 e. The number of aryl methyl sites for hydroxylation is 1. The van der Waals surface area contributed by atoms with Gasteiger partial charge in [-0.3, -0.25) is 9.69 Å². The Labute approximate surface area is 163 Å². The molecule has 1 N–H and O–H groups in total. The van der Waals surface area contributed by atoms with Gasteiger partial charge in [-0.1, -0.05) is 43.7 Å². The Morgan fingerprint density at radius 3 is 2.33 bits per heavy atom. The van der Waals surface area contributed by atoms with Gasteiger partial charge >= 0.3 is 0 Å². The molecular weight excluding hydrogens is 334 g/mol. The average Bonchev–Trinajstić information content (AvgIpc) is 2.73. The molecule has 1 amide bonds. The monoisotopic (exact) mass is 365 g/mol. The van der Waals surface area contributed by atoms with Crippen molar-refractivity contribution in [1.29, 1.82) is 0 Å². The van der Waals surface area contributed by atoms with Crippen LogP contribution in [0, 0.1) is 0 Å². The highest BCUT2D eigenvalue weighted by atomic mass is 16.1. The van der Waals surface area contributed by atoms with Gasteiger partial charge in [-0.15, -0.1) is 0 Å². The van der Waals surface area contributed by atoms with E-state index in [0.29, 0.717) is 0 Å². The Morgan fingerprint density at radius 2 is 1.67 bits per heavy atom. The summed E-state index contributed by atoms with van der Waals surface area (Å²) in [5.74, 6) is 0.0342. The standard InChI is InChI=1S/C23H31N3O/c1-2-7-20-10-12-21(13-11-20)23(27)24-14-6-15-25-16-18-26(19-17-25)22-8-4-3-5-9-22/h3-5,8-13H,2,6-7,14-19H2,1H3,(H,24,27).